The number of nitrogens with zero attached hydrogens (tertiary/aromatic N) is 15. The first-order valence-electron chi connectivity index (χ1n) is 50.7. The average molecular weight is 1910 g/mol. The van der Waals surface area contributed by atoms with Crippen molar-refractivity contribution in [2.75, 3.05) is 0 Å². The normalized spacial score (nSPS) is 12.1. The Labute approximate surface area is 854 Å². The SMILES string of the molecule is c1ccc(-c2nc(-c3ccc(-n4c5cccc6c7cccc8c9ccccc9n(c9cccc4c9c65)c78)cc3)nc3ccccc23)cc1.c1ccc(-c2nc(-c3cccc(-n4c5cccc6c7cccc8c9ccccc9n(c9cccc4c9c65)c78)c3)nc3ccccc23)cc1.c1ccc(-c2nc(-c3ccccc3)nc(-c3nc4ccccc4nc3-n3c4cccc5c6cccc7c8ccccc8n(c8cccc3c8c54)c67)n2)cc1. The van der Waals surface area contributed by atoms with Crippen LogP contribution >= 0.6 is 0 Å². The predicted molar refractivity (Wildman–Crippen MR) is 617 cm³/mol. The zero-order valence-corrected chi connectivity index (χ0v) is 80.3. The number of rotatable bonds is 10. The van der Waals surface area contributed by atoms with Gasteiger partial charge in [0.1, 0.15) is 0 Å². The van der Waals surface area contributed by atoms with Gasteiger partial charge in [0, 0.05) is 136 Å². The topological polar surface area (TPSA) is 144 Å². The summed E-state index contributed by atoms with van der Waals surface area (Å²) in [4.78, 5) is 46.4. The highest BCUT2D eigenvalue weighted by molar-refractivity contribution is 6.35. The van der Waals surface area contributed by atoms with Crippen LogP contribution in [0.5, 0.6) is 0 Å². The van der Waals surface area contributed by atoms with Crippen molar-refractivity contribution in [3.05, 3.63) is 479 Å². The van der Waals surface area contributed by atoms with E-state index in [0.717, 1.165) is 117 Å². The van der Waals surface area contributed by atoms with Gasteiger partial charge in [0.05, 0.1) is 116 Å². The van der Waals surface area contributed by atoms with Crippen molar-refractivity contribution < 1.29 is 0 Å². The number of hydrogen-bond donors (Lipinski definition) is 0. The van der Waals surface area contributed by atoms with Crippen LogP contribution in [0.15, 0.2) is 479 Å². The van der Waals surface area contributed by atoms with Crippen molar-refractivity contribution >= 4 is 213 Å². The molecule has 0 spiro atoms. The van der Waals surface area contributed by atoms with Crippen molar-refractivity contribution in [2.24, 2.45) is 0 Å². The fraction of sp³-hybridized carbons (Fsp3) is 0. The molecule has 0 aliphatic carbocycles. The second-order valence-electron chi connectivity index (χ2n) is 38.9. The van der Waals surface area contributed by atoms with Gasteiger partial charge in [-0.05, 0) is 150 Å². The summed E-state index contributed by atoms with van der Waals surface area (Å²) in [6.07, 6.45) is 0. The molecule has 34 rings (SSSR count). The van der Waals surface area contributed by atoms with Crippen LogP contribution in [-0.2, 0) is 0 Å². The summed E-state index contributed by atoms with van der Waals surface area (Å²) >= 11 is 0. The van der Waals surface area contributed by atoms with Crippen LogP contribution in [0.2, 0.25) is 0 Å². The van der Waals surface area contributed by atoms with E-state index in [1.165, 1.54) is 158 Å². The molecule has 0 unspecified atom stereocenters. The Balaban J connectivity index is 0.0000000995. The molecule has 21 aromatic carbocycles. The lowest BCUT2D eigenvalue weighted by Crippen LogP contribution is -2.07. The van der Waals surface area contributed by atoms with Crippen molar-refractivity contribution in [1.82, 2.24) is 71.8 Å². The molecule has 0 radical (unpaired) electrons. The second-order valence-corrected chi connectivity index (χ2v) is 38.9. The Morgan fingerprint density at radius 3 is 0.840 bits per heavy atom. The highest BCUT2D eigenvalue weighted by Crippen LogP contribution is 2.51. The maximum atomic E-state index is 5.42. The maximum Gasteiger partial charge on any atom is 0.186 e. The molecule has 694 valence electrons. The third-order valence-corrected chi connectivity index (χ3v) is 30.8. The van der Waals surface area contributed by atoms with Gasteiger partial charge in [-0.15, -0.1) is 0 Å². The number of hydrogen-bond acceptors (Lipinski definition) is 9. The minimum atomic E-state index is 0.453. The molecule has 0 saturated heterocycles. The predicted octanol–water partition coefficient (Wildman–Crippen LogP) is 33.5. The summed E-state index contributed by atoms with van der Waals surface area (Å²) in [5.74, 6) is 3.69. The van der Waals surface area contributed by atoms with E-state index in [1.807, 2.05) is 115 Å². The third-order valence-electron chi connectivity index (χ3n) is 30.8. The highest BCUT2D eigenvalue weighted by atomic mass is 15.1. The van der Waals surface area contributed by atoms with Crippen LogP contribution in [0.1, 0.15) is 0 Å². The number of fused-ring (bicyclic) bond motifs is 18. The largest absolute Gasteiger partial charge is 0.309 e. The lowest BCUT2D eigenvalue weighted by molar-refractivity contribution is 1.03. The summed E-state index contributed by atoms with van der Waals surface area (Å²) in [6.45, 7) is 0. The van der Waals surface area contributed by atoms with Gasteiger partial charge in [0.15, 0.2) is 40.6 Å². The van der Waals surface area contributed by atoms with Crippen LogP contribution in [0.3, 0.4) is 0 Å². The van der Waals surface area contributed by atoms with Crippen LogP contribution in [-0.4, -0.2) is 71.8 Å². The van der Waals surface area contributed by atoms with E-state index in [0.29, 0.717) is 34.8 Å². The first kappa shape index (κ1) is 83.0. The molecule has 0 fully saturated rings. The Morgan fingerprint density at radius 2 is 0.407 bits per heavy atom. The van der Waals surface area contributed by atoms with E-state index in [1.54, 1.807) is 0 Å². The van der Waals surface area contributed by atoms with Crippen molar-refractivity contribution in [3.63, 3.8) is 0 Å². The van der Waals surface area contributed by atoms with Crippen LogP contribution in [0.25, 0.3) is 309 Å². The fourth-order valence-electron chi connectivity index (χ4n) is 24.5. The van der Waals surface area contributed by atoms with E-state index in [4.69, 9.17) is 44.9 Å². The number of para-hydroxylation sites is 10. The van der Waals surface area contributed by atoms with Crippen molar-refractivity contribution in [3.8, 4) is 96.8 Å². The average Bonchev–Trinajstić information content (AvgIpc) is 1.55. The second kappa shape index (κ2) is 32.5. The smallest absolute Gasteiger partial charge is 0.186 e. The molecular formula is C135H79N15. The quantitative estimate of drug-likeness (QED) is 0.131. The lowest BCUT2D eigenvalue weighted by Gasteiger charge is -2.14. The summed E-state index contributed by atoms with van der Waals surface area (Å²) in [7, 11) is 0. The van der Waals surface area contributed by atoms with Gasteiger partial charge in [-0.2, -0.15) is 0 Å². The summed E-state index contributed by atoms with van der Waals surface area (Å²) in [5.41, 5.74) is 31.8. The Morgan fingerprint density at radius 1 is 0.133 bits per heavy atom. The molecule has 0 aliphatic heterocycles. The first-order valence-corrected chi connectivity index (χ1v) is 50.7. The number of aromatic nitrogens is 15. The van der Waals surface area contributed by atoms with Gasteiger partial charge in [-0.25, -0.2) is 44.9 Å². The van der Waals surface area contributed by atoms with Crippen LogP contribution in [0, 0.1) is 0 Å². The molecule has 0 saturated carbocycles. The summed E-state index contributed by atoms with van der Waals surface area (Å²) < 4.78 is 14.5. The Bertz CT molecular complexity index is 11500. The van der Waals surface area contributed by atoms with Gasteiger partial charge >= 0.3 is 0 Å². The summed E-state index contributed by atoms with van der Waals surface area (Å²) in [6, 6.07) is 169. The molecule has 15 heteroatoms. The Hall–Kier alpha value is -20.6. The minimum Gasteiger partial charge on any atom is -0.309 e. The van der Waals surface area contributed by atoms with Crippen LogP contribution in [0.4, 0.5) is 0 Å². The molecule has 0 amide bonds. The summed E-state index contributed by atoms with van der Waals surface area (Å²) in [5, 5.41) is 24.6. The van der Waals surface area contributed by atoms with Crippen molar-refractivity contribution in [1.29, 1.82) is 0 Å². The molecule has 0 aliphatic rings. The maximum absolute atomic E-state index is 5.42. The molecule has 150 heavy (non-hydrogen) atoms. The lowest BCUT2D eigenvalue weighted by atomic mass is 10.0. The first-order chi connectivity index (χ1) is 74.5. The molecule has 0 N–H and O–H groups in total. The minimum absolute atomic E-state index is 0.453. The van der Waals surface area contributed by atoms with E-state index < -0.39 is 0 Å². The van der Waals surface area contributed by atoms with E-state index in [-0.39, 0.29) is 0 Å². The fourth-order valence-corrected chi connectivity index (χ4v) is 24.5. The Kier molecular flexibility index (Phi) is 18.0. The van der Waals surface area contributed by atoms with Gasteiger partial charge in [-0.3, -0.25) is 4.57 Å². The van der Waals surface area contributed by atoms with E-state index in [2.05, 4.69) is 391 Å². The molecule has 15 nitrogen and oxygen atoms in total. The molecule has 0 bridgehead atoms. The van der Waals surface area contributed by atoms with Crippen LogP contribution < -0.4 is 0 Å². The molecule has 34 aromatic rings. The van der Waals surface area contributed by atoms with E-state index >= 15 is 0 Å². The monoisotopic (exact) mass is 1910 g/mol. The molecule has 13 heterocycles. The molecule has 13 aromatic heterocycles. The molecule has 0 atom stereocenters. The van der Waals surface area contributed by atoms with Gasteiger partial charge < -0.3 is 22.3 Å². The zero-order chi connectivity index (χ0) is 98.0. The van der Waals surface area contributed by atoms with Crippen molar-refractivity contribution in [2.45, 2.75) is 0 Å². The number of benzene rings is 21. The van der Waals surface area contributed by atoms with Gasteiger partial charge in [-0.1, -0.05) is 346 Å². The third kappa shape index (κ3) is 12.3. The van der Waals surface area contributed by atoms with E-state index in [9.17, 15) is 0 Å². The highest BCUT2D eigenvalue weighted by Gasteiger charge is 2.31. The van der Waals surface area contributed by atoms with Gasteiger partial charge in [0.25, 0.3) is 0 Å². The van der Waals surface area contributed by atoms with Gasteiger partial charge in [0.2, 0.25) is 0 Å². The molecular weight excluding hydrogens is 1830 g/mol. The standard InChI is InChI=1S/C47H27N7.2C44H26N4/c1-3-14-28(15-4-1)44-50-45(29-16-5-2-6-17-29)52-46(51-44)42-47(49-35-23-9-8-22-34(35)48-42)54-37-25-12-19-31-33-21-11-20-32-30-18-7-10-24-36(30)53(43(32)33)38-26-13-27-39(54)41(38)40(31)37;1-2-12-27(13-3-1)42-34-17-4-6-21-35(34)45-44(46-42)28-14-8-15-29(26-28)47-37-23-10-18-31-33-20-9-19-32-30-16-5-7-22-36(30)48(43(32)33)39-25-11-24-38(47)41(39)40(31)37;1-2-11-27(12-3-1)42-34-14-4-6-18-35(34)45-44(46-42)28-23-25-29(26-24-28)47-37-20-9-15-31-33-17-8-16-32-30-13-5-7-19-36(30)48(43(32)33)39-22-10-21-38(47)41(39)40(31)37/h1-27H;2*1-26H. The zero-order valence-electron chi connectivity index (χ0n) is 80.3.